The molecule has 0 fully saturated rings. The number of esters is 1. The number of hydrogen-bond acceptors (Lipinski definition) is 6. The average molecular weight is 300 g/mol. The van der Waals surface area contributed by atoms with E-state index in [1.165, 1.54) is 12.1 Å². The second-order valence-corrected chi connectivity index (χ2v) is 4.71. The minimum absolute atomic E-state index is 0.0284. The highest BCUT2D eigenvalue weighted by Gasteiger charge is 2.36. The summed E-state index contributed by atoms with van der Waals surface area (Å²) in [6, 6.07) is 8.29. The van der Waals surface area contributed by atoms with Crippen molar-refractivity contribution in [1.82, 2.24) is 0 Å². The Bertz CT molecular complexity index is 713. The molecule has 114 valence electrons. The number of nitrogens with two attached hydrogens (primary N) is 1. The molecule has 0 amide bonds. The Labute approximate surface area is 128 Å². The predicted octanol–water partition coefficient (Wildman–Crippen LogP) is 2.04. The lowest BCUT2D eigenvalue weighted by molar-refractivity contribution is -0.139. The molecule has 22 heavy (non-hydrogen) atoms. The number of carbonyl (C=O) groups is 1. The van der Waals surface area contributed by atoms with E-state index in [0.29, 0.717) is 5.56 Å². The largest absolute Gasteiger partial charge is 0.508 e. The van der Waals surface area contributed by atoms with E-state index in [2.05, 4.69) is 0 Å². The molecule has 0 saturated carbocycles. The van der Waals surface area contributed by atoms with Crippen molar-refractivity contribution in [2.75, 3.05) is 6.61 Å². The monoisotopic (exact) mass is 300 g/mol. The summed E-state index contributed by atoms with van der Waals surface area (Å²) in [6.07, 6.45) is 0. The topological polar surface area (TPSA) is 106 Å². The molecule has 1 aromatic rings. The molecular formula is C16H16N2O4. The molecule has 1 aliphatic heterocycles. The number of nitrogens with zero attached hydrogens (tertiary/aromatic N) is 1. The van der Waals surface area contributed by atoms with Crippen LogP contribution in [-0.2, 0) is 14.3 Å². The lowest BCUT2D eigenvalue weighted by Crippen LogP contribution is -2.25. The smallest absolute Gasteiger partial charge is 0.338 e. The van der Waals surface area contributed by atoms with Crippen molar-refractivity contribution in [2.24, 2.45) is 5.73 Å². The zero-order valence-corrected chi connectivity index (χ0v) is 12.3. The number of rotatable bonds is 3. The van der Waals surface area contributed by atoms with Crippen molar-refractivity contribution in [3.05, 3.63) is 52.6 Å². The number of allylic oxidation sites excluding steroid dienone is 2. The summed E-state index contributed by atoms with van der Waals surface area (Å²) in [4.78, 5) is 12.2. The van der Waals surface area contributed by atoms with Crippen LogP contribution in [0, 0.1) is 11.3 Å². The van der Waals surface area contributed by atoms with Crippen LogP contribution in [0.4, 0.5) is 0 Å². The third-order valence-electron chi connectivity index (χ3n) is 3.30. The first-order valence-electron chi connectivity index (χ1n) is 6.74. The SMILES string of the molecule is CCOC(=O)C1=C(C)OC(N)=C(C#N)[C@H]1c1cccc(O)c1. The van der Waals surface area contributed by atoms with Crippen LogP contribution in [0.5, 0.6) is 5.75 Å². The Morgan fingerprint density at radius 3 is 2.86 bits per heavy atom. The Hall–Kier alpha value is -2.94. The zero-order valence-electron chi connectivity index (χ0n) is 12.3. The van der Waals surface area contributed by atoms with E-state index < -0.39 is 11.9 Å². The van der Waals surface area contributed by atoms with Crippen LogP contribution >= 0.6 is 0 Å². The summed E-state index contributed by atoms with van der Waals surface area (Å²) < 4.78 is 10.4. The van der Waals surface area contributed by atoms with Gasteiger partial charge in [-0.15, -0.1) is 0 Å². The molecule has 0 bridgehead atoms. The summed E-state index contributed by atoms with van der Waals surface area (Å²) >= 11 is 0. The molecule has 0 unspecified atom stereocenters. The van der Waals surface area contributed by atoms with Gasteiger partial charge in [0.1, 0.15) is 23.2 Å². The number of nitriles is 1. The molecule has 0 aromatic heterocycles. The summed E-state index contributed by atoms with van der Waals surface area (Å²) in [5.41, 5.74) is 6.65. The Balaban J connectivity index is 2.62. The highest BCUT2D eigenvalue weighted by atomic mass is 16.5. The number of hydrogen-bond donors (Lipinski definition) is 2. The first-order valence-corrected chi connectivity index (χ1v) is 6.74. The maximum atomic E-state index is 12.2. The van der Waals surface area contributed by atoms with Gasteiger partial charge in [0.15, 0.2) is 0 Å². The van der Waals surface area contributed by atoms with Crippen molar-refractivity contribution in [1.29, 1.82) is 5.26 Å². The molecule has 1 aliphatic rings. The van der Waals surface area contributed by atoms with Crippen LogP contribution < -0.4 is 5.73 Å². The van der Waals surface area contributed by atoms with Crippen molar-refractivity contribution in [2.45, 2.75) is 19.8 Å². The van der Waals surface area contributed by atoms with Crippen molar-refractivity contribution in [3.63, 3.8) is 0 Å². The van der Waals surface area contributed by atoms with Gasteiger partial charge in [-0.2, -0.15) is 5.26 Å². The normalized spacial score (nSPS) is 17.8. The van der Waals surface area contributed by atoms with Crippen LogP contribution in [0.1, 0.15) is 25.3 Å². The Morgan fingerprint density at radius 2 is 2.27 bits per heavy atom. The lowest BCUT2D eigenvalue weighted by Gasteiger charge is -2.26. The molecule has 2 rings (SSSR count). The highest BCUT2D eigenvalue weighted by Crippen LogP contribution is 2.40. The summed E-state index contributed by atoms with van der Waals surface area (Å²) in [5.74, 6) is -1.05. The van der Waals surface area contributed by atoms with Gasteiger partial charge < -0.3 is 20.3 Å². The number of aromatic hydroxyl groups is 1. The van der Waals surface area contributed by atoms with Gasteiger partial charge in [0.25, 0.3) is 0 Å². The lowest BCUT2D eigenvalue weighted by atomic mass is 9.83. The average Bonchev–Trinajstić information content (AvgIpc) is 2.46. The van der Waals surface area contributed by atoms with Crippen molar-refractivity contribution >= 4 is 5.97 Å². The minimum Gasteiger partial charge on any atom is -0.508 e. The molecule has 0 radical (unpaired) electrons. The highest BCUT2D eigenvalue weighted by molar-refractivity contribution is 5.92. The second-order valence-electron chi connectivity index (χ2n) is 4.71. The minimum atomic E-state index is -0.732. The van der Waals surface area contributed by atoms with E-state index in [1.807, 2.05) is 6.07 Å². The summed E-state index contributed by atoms with van der Waals surface area (Å²) in [6.45, 7) is 3.47. The number of ether oxygens (including phenoxy) is 2. The van der Waals surface area contributed by atoms with Crippen molar-refractivity contribution < 1.29 is 19.4 Å². The Morgan fingerprint density at radius 1 is 1.55 bits per heavy atom. The number of phenolic OH excluding ortho intramolecular Hbond substituents is 1. The van der Waals surface area contributed by atoms with E-state index in [4.69, 9.17) is 15.2 Å². The molecule has 6 heteroatoms. The zero-order chi connectivity index (χ0) is 16.3. The first kappa shape index (κ1) is 15.4. The maximum absolute atomic E-state index is 12.2. The van der Waals surface area contributed by atoms with E-state index >= 15 is 0 Å². The van der Waals surface area contributed by atoms with Crippen LogP contribution in [0.3, 0.4) is 0 Å². The molecule has 0 aliphatic carbocycles. The van der Waals surface area contributed by atoms with Gasteiger partial charge in [0.05, 0.1) is 18.1 Å². The fourth-order valence-corrected chi connectivity index (χ4v) is 2.39. The molecule has 6 nitrogen and oxygen atoms in total. The van der Waals surface area contributed by atoms with Gasteiger partial charge in [-0.05, 0) is 31.5 Å². The van der Waals surface area contributed by atoms with Gasteiger partial charge in [0, 0.05) is 0 Å². The van der Waals surface area contributed by atoms with Crippen LogP contribution in [0.25, 0.3) is 0 Å². The van der Waals surface area contributed by atoms with Crippen molar-refractivity contribution in [3.8, 4) is 11.8 Å². The molecule has 0 spiro atoms. The van der Waals surface area contributed by atoms with Crippen LogP contribution in [-0.4, -0.2) is 17.7 Å². The third-order valence-corrected chi connectivity index (χ3v) is 3.30. The quantitative estimate of drug-likeness (QED) is 0.827. The molecule has 1 heterocycles. The maximum Gasteiger partial charge on any atom is 0.338 e. The van der Waals surface area contributed by atoms with Gasteiger partial charge in [-0.25, -0.2) is 4.79 Å². The van der Waals surface area contributed by atoms with Crippen LogP contribution in [0.15, 0.2) is 47.1 Å². The molecule has 1 aromatic carbocycles. The number of phenols is 1. The van der Waals surface area contributed by atoms with E-state index in [1.54, 1.807) is 26.0 Å². The number of carbonyl (C=O) groups excluding carboxylic acids is 1. The van der Waals surface area contributed by atoms with E-state index in [0.717, 1.165) is 0 Å². The molecular weight excluding hydrogens is 284 g/mol. The van der Waals surface area contributed by atoms with E-state index in [9.17, 15) is 15.2 Å². The first-order chi connectivity index (χ1) is 10.5. The fourth-order valence-electron chi connectivity index (χ4n) is 2.39. The number of benzene rings is 1. The molecule has 3 N–H and O–H groups in total. The standard InChI is InChI=1S/C16H16N2O4/c1-3-21-16(20)13-9(2)22-15(18)12(8-17)14(13)10-5-4-6-11(19)7-10/h4-7,14,19H,3,18H2,1-2H3/t14-/m1/s1. The summed E-state index contributed by atoms with van der Waals surface area (Å²) in [5, 5.41) is 19.0. The fraction of sp³-hybridized carbons (Fsp3) is 0.250. The second kappa shape index (κ2) is 6.22. The Kier molecular flexibility index (Phi) is 4.37. The van der Waals surface area contributed by atoms with Gasteiger partial charge in [-0.1, -0.05) is 12.1 Å². The van der Waals surface area contributed by atoms with E-state index in [-0.39, 0.29) is 35.1 Å². The van der Waals surface area contributed by atoms with Crippen LogP contribution in [0.2, 0.25) is 0 Å². The molecule has 0 saturated heterocycles. The van der Waals surface area contributed by atoms with Gasteiger partial charge in [-0.3, -0.25) is 0 Å². The summed E-state index contributed by atoms with van der Waals surface area (Å²) in [7, 11) is 0. The molecule has 1 atom stereocenters. The third kappa shape index (κ3) is 2.74. The van der Waals surface area contributed by atoms with Gasteiger partial charge >= 0.3 is 5.97 Å². The van der Waals surface area contributed by atoms with Gasteiger partial charge in [0.2, 0.25) is 5.88 Å². The predicted molar refractivity (Wildman–Crippen MR) is 78.1 cm³/mol.